The fraction of sp³-hybridized carbons (Fsp3) is 0.286. The summed E-state index contributed by atoms with van der Waals surface area (Å²) in [6.07, 6.45) is 2.13. The van der Waals surface area contributed by atoms with E-state index in [1.54, 1.807) is 0 Å². The smallest absolute Gasteiger partial charge is 0.302 e. The van der Waals surface area contributed by atoms with Gasteiger partial charge in [0.1, 0.15) is 6.61 Å². The van der Waals surface area contributed by atoms with Crippen molar-refractivity contribution in [3.8, 4) is 11.1 Å². The number of hydrogen-bond donors (Lipinski definition) is 1. The van der Waals surface area contributed by atoms with Gasteiger partial charge >= 0.3 is 5.97 Å². The van der Waals surface area contributed by atoms with E-state index in [-0.39, 0.29) is 12.0 Å². The number of nitrogens with zero attached hydrogens (tertiary/aromatic N) is 1. The number of benzene rings is 2. The molecule has 26 heavy (non-hydrogen) atoms. The number of halogens is 1. The van der Waals surface area contributed by atoms with Gasteiger partial charge in [-0.05, 0) is 43.7 Å². The van der Waals surface area contributed by atoms with Crippen molar-refractivity contribution in [2.45, 2.75) is 26.8 Å². The van der Waals surface area contributed by atoms with Gasteiger partial charge in [-0.3, -0.25) is 4.79 Å². The zero-order chi connectivity index (χ0) is 18.7. The monoisotopic (exact) mass is 370 g/mol. The summed E-state index contributed by atoms with van der Waals surface area (Å²) in [4.78, 5) is 11.2. The van der Waals surface area contributed by atoms with E-state index >= 15 is 0 Å². The van der Waals surface area contributed by atoms with Crippen LogP contribution in [-0.4, -0.2) is 23.7 Å². The molecule has 1 unspecified atom stereocenters. The second kappa shape index (κ2) is 7.83. The van der Waals surface area contributed by atoms with Crippen molar-refractivity contribution in [3.05, 3.63) is 53.7 Å². The lowest BCUT2D eigenvalue weighted by atomic mass is 10.0. The first-order valence-electron chi connectivity index (χ1n) is 8.78. The maximum Gasteiger partial charge on any atom is 0.302 e. The van der Waals surface area contributed by atoms with Gasteiger partial charge in [0.25, 0.3) is 0 Å². The van der Waals surface area contributed by atoms with Gasteiger partial charge in [0.15, 0.2) is 0 Å². The van der Waals surface area contributed by atoms with Gasteiger partial charge < -0.3 is 14.6 Å². The number of hydrogen-bond acceptors (Lipinski definition) is 3. The van der Waals surface area contributed by atoms with Crippen LogP contribution in [0.4, 0.5) is 5.69 Å². The average Bonchev–Trinajstić information content (AvgIpc) is 3.01. The summed E-state index contributed by atoms with van der Waals surface area (Å²) < 4.78 is 7.39. The van der Waals surface area contributed by atoms with Gasteiger partial charge in [-0.15, -0.1) is 0 Å². The summed E-state index contributed by atoms with van der Waals surface area (Å²) >= 11 is 6.06. The first-order valence-corrected chi connectivity index (χ1v) is 9.15. The number of anilines is 1. The average molecular weight is 371 g/mol. The third-order valence-electron chi connectivity index (χ3n) is 4.38. The van der Waals surface area contributed by atoms with E-state index in [1.807, 2.05) is 37.3 Å². The summed E-state index contributed by atoms with van der Waals surface area (Å²) in [6, 6.07) is 14.1. The Labute approximate surface area is 158 Å². The van der Waals surface area contributed by atoms with Crippen molar-refractivity contribution in [2.75, 3.05) is 18.5 Å². The summed E-state index contributed by atoms with van der Waals surface area (Å²) in [5, 5.41) is 5.32. The molecule has 1 N–H and O–H groups in total. The molecule has 0 aliphatic carbocycles. The number of aromatic nitrogens is 1. The van der Waals surface area contributed by atoms with Gasteiger partial charge in [-0.25, -0.2) is 0 Å². The second-order valence-electron chi connectivity index (χ2n) is 6.34. The lowest BCUT2D eigenvalue weighted by Crippen LogP contribution is -2.13. The summed E-state index contributed by atoms with van der Waals surface area (Å²) in [7, 11) is 0. The predicted octanol–water partition coefficient (Wildman–Crippen LogP) is 5.52. The molecule has 1 atom stereocenters. The molecule has 2 aromatic carbocycles. The minimum Gasteiger partial charge on any atom is -0.464 e. The molecule has 136 valence electrons. The zero-order valence-corrected chi connectivity index (χ0v) is 16.0. The Morgan fingerprint density at radius 2 is 1.96 bits per heavy atom. The molecule has 3 rings (SSSR count). The van der Waals surface area contributed by atoms with E-state index in [1.165, 1.54) is 6.92 Å². The standard InChI is InChI=1S/C21H23ClN2O2/c1-4-23-19-6-5-7-20-21(19)18(16-8-10-17(22)11-9-16)12-24(20)14(2)13-26-15(3)25/h5-12,14,23H,4,13H2,1-3H3. The molecule has 0 saturated carbocycles. The van der Waals surface area contributed by atoms with Gasteiger partial charge in [-0.1, -0.05) is 29.8 Å². The topological polar surface area (TPSA) is 43.3 Å². The molecule has 0 aliphatic rings. The Hall–Kier alpha value is -2.46. The predicted molar refractivity (Wildman–Crippen MR) is 108 cm³/mol. The van der Waals surface area contributed by atoms with Gasteiger partial charge in [-0.2, -0.15) is 0 Å². The van der Waals surface area contributed by atoms with Crippen molar-refractivity contribution >= 4 is 34.2 Å². The first-order chi connectivity index (χ1) is 12.5. The minimum absolute atomic E-state index is 0.0272. The van der Waals surface area contributed by atoms with Gasteiger partial charge in [0, 0.05) is 41.3 Å². The van der Waals surface area contributed by atoms with Crippen LogP contribution in [0.15, 0.2) is 48.7 Å². The summed E-state index contributed by atoms with van der Waals surface area (Å²) in [6.45, 7) is 6.75. The highest BCUT2D eigenvalue weighted by molar-refractivity contribution is 6.30. The van der Waals surface area contributed by atoms with Gasteiger partial charge in [0.05, 0.1) is 11.6 Å². The maximum absolute atomic E-state index is 11.2. The molecule has 4 nitrogen and oxygen atoms in total. The largest absolute Gasteiger partial charge is 0.464 e. The van der Waals surface area contributed by atoms with Gasteiger partial charge in [0.2, 0.25) is 0 Å². The van der Waals surface area contributed by atoms with Crippen LogP contribution in [0.25, 0.3) is 22.0 Å². The number of carbonyl (C=O) groups is 1. The zero-order valence-electron chi connectivity index (χ0n) is 15.3. The Morgan fingerprint density at radius 3 is 2.62 bits per heavy atom. The fourth-order valence-electron chi connectivity index (χ4n) is 3.18. The third kappa shape index (κ3) is 3.70. The fourth-order valence-corrected chi connectivity index (χ4v) is 3.31. The van der Waals surface area contributed by atoms with E-state index < -0.39 is 0 Å². The molecule has 0 fully saturated rings. The number of carbonyl (C=O) groups excluding carboxylic acids is 1. The molecular formula is C21H23ClN2O2. The summed E-state index contributed by atoms with van der Waals surface area (Å²) in [5.41, 5.74) is 4.42. The Bertz CT molecular complexity index is 916. The normalized spacial score (nSPS) is 12.2. The van der Waals surface area contributed by atoms with Crippen LogP contribution in [0.3, 0.4) is 0 Å². The van der Waals surface area contributed by atoms with Crippen molar-refractivity contribution < 1.29 is 9.53 Å². The molecule has 0 amide bonds. The van der Waals surface area contributed by atoms with E-state index in [9.17, 15) is 4.79 Å². The molecule has 0 bridgehead atoms. The number of esters is 1. The third-order valence-corrected chi connectivity index (χ3v) is 4.64. The van der Waals surface area contributed by atoms with Crippen molar-refractivity contribution in [1.82, 2.24) is 4.57 Å². The molecular weight excluding hydrogens is 348 g/mol. The highest BCUT2D eigenvalue weighted by Gasteiger charge is 2.17. The molecule has 0 spiro atoms. The number of nitrogens with one attached hydrogen (secondary N) is 1. The van der Waals surface area contributed by atoms with Crippen LogP contribution in [0.5, 0.6) is 0 Å². The van der Waals surface area contributed by atoms with Crippen LogP contribution < -0.4 is 5.32 Å². The molecule has 5 heteroatoms. The van der Waals surface area contributed by atoms with Crippen LogP contribution in [0.1, 0.15) is 26.8 Å². The second-order valence-corrected chi connectivity index (χ2v) is 6.78. The summed E-state index contributed by atoms with van der Waals surface area (Å²) in [5.74, 6) is -0.264. The molecule has 0 aliphatic heterocycles. The van der Waals surface area contributed by atoms with E-state index in [4.69, 9.17) is 16.3 Å². The van der Waals surface area contributed by atoms with Crippen molar-refractivity contribution in [2.24, 2.45) is 0 Å². The lowest BCUT2D eigenvalue weighted by molar-refractivity contribution is -0.141. The maximum atomic E-state index is 11.2. The van der Waals surface area contributed by atoms with E-state index in [0.29, 0.717) is 11.6 Å². The first kappa shape index (κ1) is 18.3. The quantitative estimate of drug-likeness (QED) is 0.581. The van der Waals surface area contributed by atoms with E-state index in [0.717, 1.165) is 34.3 Å². The number of rotatable bonds is 6. The van der Waals surface area contributed by atoms with Crippen LogP contribution >= 0.6 is 11.6 Å². The van der Waals surface area contributed by atoms with Crippen LogP contribution in [-0.2, 0) is 9.53 Å². The number of fused-ring (bicyclic) bond motifs is 1. The molecule has 1 heterocycles. The van der Waals surface area contributed by atoms with Crippen molar-refractivity contribution in [1.29, 1.82) is 0 Å². The lowest BCUT2D eigenvalue weighted by Gasteiger charge is -2.15. The molecule has 3 aromatic rings. The SMILES string of the molecule is CCNc1cccc2c1c(-c1ccc(Cl)cc1)cn2C(C)COC(C)=O. The molecule has 1 aromatic heterocycles. The Morgan fingerprint density at radius 1 is 1.23 bits per heavy atom. The highest BCUT2D eigenvalue weighted by Crippen LogP contribution is 2.37. The van der Waals surface area contributed by atoms with Crippen LogP contribution in [0, 0.1) is 0 Å². The van der Waals surface area contributed by atoms with E-state index in [2.05, 4.69) is 35.1 Å². The highest BCUT2D eigenvalue weighted by atomic mass is 35.5. The van der Waals surface area contributed by atoms with Crippen molar-refractivity contribution in [3.63, 3.8) is 0 Å². The van der Waals surface area contributed by atoms with Crippen LogP contribution in [0.2, 0.25) is 5.02 Å². The number of ether oxygens (including phenoxy) is 1. The Balaban J connectivity index is 2.16. The Kier molecular flexibility index (Phi) is 5.52. The minimum atomic E-state index is -0.264. The molecule has 0 saturated heterocycles. The molecule has 0 radical (unpaired) electrons.